The molecule has 60 heavy (non-hydrogen) atoms. The van der Waals surface area contributed by atoms with Gasteiger partial charge >= 0.3 is 0 Å². The minimum absolute atomic E-state index is 0.512. The SMILES string of the molecule is CCC(C)c1ccc(N(c2ccccc2)c2ccc3c(-c4ccccc4)c4cc(N(c5ccccc5)c5ccc(C(C)CC)cc5)ccc4c(-c4ccccc4)c3c2)cc1. The normalized spacial score (nSPS) is 12.3. The van der Waals surface area contributed by atoms with E-state index in [0.717, 1.165) is 47.0 Å². The maximum Gasteiger partial charge on any atom is 0.0468 e. The predicted molar refractivity (Wildman–Crippen MR) is 259 cm³/mol. The fraction of sp³-hybridized carbons (Fsp3) is 0.138. The van der Waals surface area contributed by atoms with Crippen molar-refractivity contribution in [3.05, 3.63) is 217 Å². The van der Waals surface area contributed by atoms with Crippen LogP contribution in [-0.4, -0.2) is 0 Å². The summed E-state index contributed by atoms with van der Waals surface area (Å²) in [5.41, 5.74) is 14.4. The molecule has 2 atom stereocenters. The maximum absolute atomic E-state index is 2.42. The molecule has 0 radical (unpaired) electrons. The molecular formula is C58H52N2. The number of para-hydroxylation sites is 2. The van der Waals surface area contributed by atoms with Crippen LogP contribution in [-0.2, 0) is 0 Å². The summed E-state index contributed by atoms with van der Waals surface area (Å²) in [4.78, 5) is 4.79. The van der Waals surface area contributed by atoms with Crippen LogP contribution in [0.3, 0.4) is 0 Å². The Balaban J connectivity index is 1.32. The third-order valence-electron chi connectivity index (χ3n) is 12.4. The molecule has 2 heteroatoms. The number of anilines is 6. The fourth-order valence-electron chi connectivity index (χ4n) is 8.74. The smallest absolute Gasteiger partial charge is 0.0468 e. The van der Waals surface area contributed by atoms with E-state index in [1.807, 2.05) is 0 Å². The van der Waals surface area contributed by atoms with Crippen LogP contribution < -0.4 is 9.80 Å². The van der Waals surface area contributed by atoms with Crippen LogP contribution in [0.5, 0.6) is 0 Å². The second kappa shape index (κ2) is 17.1. The van der Waals surface area contributed by atoms with Gasteiger partial charge in [-0.25, -0.2) is 0 Å². The van der Waals surface area contributed by atoms with Crippen molar-refractivity contribution in [3.63, 3.8) is 0 Å². The quantitative estimate of drug-likeness (QED) is 0.114. The molecule has 0 spiro atoms. The van der Waals surface area contributed by atoms with Crippen molar-refractivity contribution in [2.75, 3.05) is 9.80 Å². The third kappa shape index (κ3) is 7.46. The zero-order valence-electron chi connectivity index (χ0n) is 35.1. The van der Waals surface area contributed by atoms with Crippen LogP contribution >= 0.6 is 0 Å². The molecule has 0 N–H and O–H groups in total. The first kappa shape index (κ1) is 38.6. The van der Waals surface area contributed by atoms with Crippen LogP contribution in [0.1, 0.15) is 63.5 Å². The van der Waals surface area contributed by atoms with Gasteiger partial charge in [0.15, 0.2) is 0 Å². The predicted octanol–water partition coefficient (Wildman–Crippen LogP) is 17.3. The molecule has 2 unspecified atom stereocenters. The molecule has 0 fully saturated rings. The van der Waals surface area contributed by atoms with E-state index in [-0.39, 0.29) is 0 Å². The Labute approximate surface area is 356 Å². The van der Waals surface area contributed by atoms with E-state index in [0.29, 0.717) is 11.8 Å². The van der Waals surface area contributed by atoms with Crippen LogP contribution in [0.15, 0.2) is 206 Å². The number of benzene rings is 9. The van der Waals surface area contributed by atoms with Crippen molar-refractivity contribution >= 4 is 55.7 Å². The Kier molecular flexibility index (Phi) is 11.0. The lowest BCUT2D eigenvalue weighted by Gasteiger charge is -2.28. The summed E-state index contributed by atoms with van der Waals surface area (Å²) in [6.07, 6.45) is 2.23. The summed E-state index contributed by atoms with van der Waals surface area (Å²) < 4.78 is 0. The first-order valence-electron chi connectivity index (χ1n) is 21.6. The molecule has 9 rings (SSSR count). The lowest BCUT2D eigenvalue weighted by molar-refractivity contribution is 0.733. The van der Waals surface area contributed by atoms with Gasteiger partial charge in [-0.3, -0.25) is 0 Å². The Morgan fingerprint density at radius 1 is 0.317 bits per heavy atom. The van der Waals surface area contributed by atoms with E-state index < -0.39 is 0 Å². The molecule has 0 heterocycles. The molecule has 0 saturated carbocycles. The Hall–Kier alpha value is -6.90. The largest absolute Gasteiger partial charge is 0.310 e. The Bertz CT molecular complexity index is 2630. The second-order valence-electron chi connectivity index (χ2n) is 16.1. The molecule has 0 aliphatic heterocycles. The number of hydrogen-bond acceptors (Lipinski definition) is 2. The van der Waals surface area contributed by atoms with Gasteiger partial charge in [0.05, 0.1) is 0 Å². The molecule has 0 aliphatic carbocycles. The molecule has 9 aromatic carbocycles. The van der Waals surface area contributed by atoms with Crippen molar-refractivity contribution in [2.24, 2.45) is 0 Å². The first-order chi connectivity index (χ1) is 29.5. The molecule has 0 aliphatic rings. The van der Waals surface area contributed by atoms with Crippen LogP contribution in [0.4, 0.5) is 34.1 Å². The average molecular weight is 777 g/mol. The number of nitrogens with zero attached hydrogens (tertiary/aromatic N) is 2. The van der Waals surface area contributed by atoms with Gasteiger partial charge in [-0.2, -0.15) is 0 Å². The van der Waals surface area contributed by atoms with E-state index in [4.69, 9.17) is 0 Å². The Morgan fingerprint density at radius 3 is 0.950 bits per heavy atom. The van der Waals surface area contributed by atoms with Crippen molar-refractivity contribution in [1.29, 1.82) is 0 Å². The van der Waals surface area contributed by atoms with Crippen LogP contribution in [0.25, 0.3) is 43.8 Å². The molecule has 0 bridgehead atoms. The highest BCUT2D eigenvalue weighted by Crippen LogP contribution is 2.48. The van der Waals surface area contributed by atoms with Crippen LogP contribution in [0, 0.1) is 0 Å². The minimum atomic E-state index is 0.512. The van der Waals surface area contributed by atoms with Gasteiger partial charge in [0.1, 0.15) is 0 Å². The van der Waals surface area contributed by atoms with E-state index in [9.17, 15) is 0 Å². The van der Waals surface area contributed by atoms with E-state index >= 15 is 0 Å². The summed E-state index contributed by atoms with van der Waals surface area (Å²) in [6.45, 7) is 9.13. The van der Waals surface area contributed by atoms with E-state index in [2.05, 4.69) is 244 Å². The van der Waals surface area contributed by atoms with Crippen LogP contribution in [0.2, 0.25) is 0 Å². The first-order valence-corrected chi connectivity index (χ1v) is 21.6. The van der Waals surface area contributed by atoms with Gasteiger partial charge in [-0.1, -0.05) is 161 Å². The highest BCUT2D eigenvalue weighted by molar-refractivity contribution is 6.22. The van der Waals surface area contributed by atoms with Crippen molar-refractivity contribution in [1.82, 2.24) is 0 Å². The third-order valence-corrected chi connectivity index (χ3v) is 12.4. The van der Waals surface area contributed by atoms with Gasteiger partial charge in [-0.05, 0) is 152 Å². The van der Waals surface area contributed by atoms with E-state index in [1.54, 1.807) is 0 Å². The lowest BCUT2D eigenvalue weighted by Crippen LogP contribution is -2.10. The summed E-state index contributed by atoms with van der Waals surface area (Å²) >= 11 is 0. The second-order valence-corrected chi connectivity index (χ2v) is 16.1. The minimum Gasteiger partial charge on any atom is -0.310 e. The number of hydrogen-bond donors (Lipinski definition) is 0. The topological polar surface area (TPSA) is 6.48 Å². The maximum atomic E-state index is 2.42. The van der Waals surface area contributed by atoms with Gasteiger partial charge in [-0.15, -0.1) is 0 Å². The number of rotatable bonds is 12. The Morgan fingerprint density at radius 2 is 0.617 bits per heavy atom. The molecule has 2 nitrogen and oxygen atoms in total. The van der Waals surface area contributed by atoms with Gasteiger partial charge in [0, 0.05) is 34.1 Å². The molecule has 9 aromatic rings. The average Bonchev–Trinajstić information content (AvgIpc) is 3.32. The molecule has 0 saturated heterocycles. The number of fused-ring (bicyclic) bond motifs is 2. The van der Waals surface area contributed by atoms with Crippen molar-refractivity contribution < 1.29 is 0 Å². The fourth-order valence-corrected chi connectivity index (χ4v) is 8.74. The monoisotopic (exact) mass is 776 g/mol. The zero-order chi connectivity index (χ0) is 41.0. The standard InChI is InChI=1S/C58H52N2/c1-5-41(3)43-27-31-49(32-28-43)59(47-23-15-9-16-24-47)51-35-37-53-55(39-51)57(45-19-11-7-12-20-45)54-38-36-52(40-56(54)58(53)46-21-13-8-14-22-46)60(48-25-17-10-18-26-48)50-33-29-44(30-34-50)42(4)6-2/h7-42H,5-6H2,1-4H3. The summed E-state index contributed by atoms with van der Waals surface area (Å²) in [5, 5.41) is 4.88. The highest BCUT2D eigenvalue weighted by Gasteiger charge is 2.22. The van der Waals surface area contributed by atoms with Gasteiger partial charge in [0.2, 0.25) is 0 Å². The zero-order valence-corrected chi connectivity index (χ0v) is 35.1. The van der Waals surface area contributed by atoms with Gasteiger partial charge < -0.3 is 9.80 Å². The summed E-state index contributed by atoms with van der Waals surface area (Å²) in [5.74, 6) is 1.02. The molecule has 294 valence electrons. The van der Waals surface area contributed by atoms with E-state index in [1.165, 1.54) is 54.9 Å². The van der Waals surface area contributed by atoms with Gasteiger partial charge in [0.25, 0.3) is 0 Å². The van der Waals surface area contributed by atoms with Crippen molar-refractivity contribution in [3.8, 4) is 22.3 Å². The summed E-state index contributed by atoms with van der Waals surface area (Å²) in [7, 11) is 0. The molecule has 0 amide bonds. The molecule has 0 aromatic heterocycles. The summed E-state index contributed by atoms with van der Waals surface area (Å²) in [6, 6.07) is 75.9. The highest BCUT2D eigenvalue weighted by atomic mass is 15.1. The lowest BCUT2D eigenvalue weighted by atomic mass is 9.85. The van der Waals surface area contributed by atoms with Crippen molar-refractivity contribution in [2.45, 2.75) is 52.4 Å². The molecular weight excluding hydrogens is 725 g/mol.